The van der Waals surface area contributed by atoms with Gasteiger partial charge in [0.1, 0.15) is 11.2 Å². The first-order valence-corrected chi connectivity index (χ1v) is 11.7. The average molecular weight is 448 g/mol. The van der Waals surface area contributed by atoms with Crippen molar-refractivity contribution in [1.82, 2.24) is 10.6 Å². The number of rotatable bonds is 7. The molecule has 0 aliphatic heterocycles. The number of carbonyl (C=O) groups is 2. The maximum Gasteiger partial charge on any atom is 0.412 e. The molecule has 1 aromatic rings. The van der Waals surface area contributed by atoms with E-state index in [4.69, 9.17) is 9.47 Å². The minimum atomic E-state index is -0.519. The summed E-state index contributed by atoms with van der Waals surface area (Å²) in [7, 11) is 0. The van der Waals surface area contributed by atoms with Crippen molar-refractivity contribution in [3.05, 3.63) is 29.8 Å². The maximum absolute atomic E-state index is 12.0. The molecule has 0 heterocycles. The van der Waals surface area contributed by atoms with Crippen molar-refractivity contribution in [2.45, 2.75) is 90.9 Å². The molecule has 1 fully saturated rings. The van der Waals surface area contributed by atoms with Gasteiger partial charge in [-0.15, -0.1) is 0 Å². The Hall–Kier alpha value is -2.28. The Morgan fingerprint density at radius 1 is 0.906 bits per heavy atom. The van der Waals surface area contributed by atoms with Crippen LogP contribution >= 0.6 is 0 Å². The molecule has 1 aromatic carbocycles. The molecule has 0 saturated heterocycles. The highest BCUT2D eigenvalue weighted by Crippen LogP contribution is 2.24. The van der Waals surface area contributed by atoms with E-state index in [0.717, 1.165) is 31.5 Å². The van der Waals surface area contributed by atoms with Gasteiger partial charge in [-0.2, -0.15) is 0 Å². The van der Waals surface area contributed by atoms with Crippen molar-refractivity contribution >= 4 is 17.9 Å². The second kappa shape index (κ2) is 11.5. The Balaban J connectivity index is 1.76. The summed E-state index contributed by atoms with van der Waals surface area (Å²) in [5.74, 6) is 0.414. The first-order valence-electron chi connectivity index (χ1n) is 11.7. The van der Waals surface area contributed by atoms with Crippen LogP contribution in [0, 0.1) is 5.92 Å². The van der Waals surface area contributed by atoms with Crippen LogP contribution in [0.2, 0.25) is 0 Å². The third kappa shape index (κ3) is 10.4. The van der Waals surface area contributed by atoms with Crippen LogP contribution in [-0.4, -0.2) is 42.5 Å². The summed E-state index contributed by atoms with van der Waals surface area (Å²) >= 11 is 0. The Labute approximate surface area is 193 Å². The zero-order valence-corrected chi connectivity index (χ0v) is 20.5. The lowest BCUT2D eigenvalue weighted by atomic mass is 9.84. The lowest BCUT2D eigenvalue weighted by molar-refractivity contribution is 0.0509. The molecule has 1 aliphatic carbocycles. The smallest absolute Gasteiger partial charge is 0.412 e. The molecule has 2 rings (SSSR count). The number of carbonyl (C=O) groups excluding carboxylic acids is 2. The second-order valence-electron chi connectivity index (χ2n) is 10.6. The number of anilines is 1. The van der Waals surface area contributed by atoms with Crippen molar-refractivity contribution < 1.29 is 19.1 Å². The van der Waals surface area contributed by atoms with E-state index in [0.29, 0.717) is 18.5 Å². The summed E-state index contributed by atoms with van der Waals surface area (Å²) in [4.78, 5) is 23.9. The number of hydrogen-bond acceptors (Lipinski definition) is 5. The number of nitrogens with one attached hydrogen (secondary N) is 3. The number of hydrogen-bond donors (Lipinski definition) is 3. The Morgan fingerprint density at radius 2 is 1.50 bits per heavy atom. The predicted molar refractivity (Wildman–Crippen MR) is 128 cm³/mol. The first kappa shape index (κ1) is 26.0. The fraction of sp³-hybridized carbons (Fsp3) is 0.680. The molecule has 3 N–H and O–H groups in total. The van der Waals surface area contributed by atoms with E-state index in [-0.39, 0.29) is 6.09 Å². The van der Waals surface area contributed by atoms with Gasteiger partial charge in [0, 0.05) is 18.3 Å². The lowest BCUT2D eigenvalue weighted by Crippen LogP contribution is -2.45. The van der Waals surface area contributed by atoms with E-state index in [1.54, 1.807) is 0 Å². The minimum absolute atomic E-state index is 0.345. The van der Waals surface area contributed by atoms with Crippen LogP contribution in [0.5, 0.6) is 0 Å². The Morgan fingerprint density at radius 3 is 2.12 bits per heavy atom. The molecule has 32 heavy (non-hydrogen) atoms. The third-order valence-corrected chi connectivity index (χ3v) is 5.24. The van der Waals surface area contributed by atoms with Gasteiger partial charge in [-0.05, 0) is 91.0 Å². The van der Waals surface area contributed by atoms with E-state index >= 15 is 0 Å². The van der Waals surface area contributed by atoms with Crippen LogP contribution in [-0.2, 0) is 15.9 Å². The van der Waals surface area contributed by atoms with Gasteiger partial charge in [0.25, 0.3) is 0 Å². The van der Waals surface area contributed by atoms with Gasteiger partial charge < -0.3 is 20.1 Å². The normalized spacial score (nSPS) is 19.2. The highest BCUT2D eigenvalue weighted by molar-refractivity contribution is 5.84. The molecule has 0 spiro atoms. The molecule has 0 radical (unpaired) electrons. The summed E-state index contributed by atoms with van der Waals surface area (Å²) in [5, 5.41) is 9.37. The number of ether oxygens (including phenoxy) is 2. The fourth-order valence-electron chi connectivity index (χ4n) is 3.83. The topological polar surface area (TPSA) is 88.7 Å². The fourth-order valence-corrected chi connectivity index (χ4v) is 3.83. The number of benzene rings is 1. The van der Waals surface area contributed by atoms with E-state index < -0.39 is 17.3 Å². The van der Waals surface area contributed by atoms with E-state index in [2.05, 4.69) is 16.0 Å². The van der Waals surface area contributed by atoms with Crippen molar-refractivity contribution in [2.75, 3.05) is 18.4 Å². The van der Waals surface area contributed by atoms with Gasteiger partial charge in [0.15, 0.2) is 0 Å². The monoisotopic (exact) mass is 447 g/mol. The molecule has 7 nitrogen and oxygen atoms in total. The Kier molecular flexibility index (Phi) is 9.37. The van der Waals surface area contributed by atoms with E-state index in [1.165, 1.54) is 18.4 Å². The second-order valence-corrected chi connectivity index (χ2v) is 10.6. The molecule has 7 heteroatoms. The molecule has 1 saturated carbocycles. The SMILES string of the molecule is CC(C)(C)OC(=O)NCC1CCCCC1NCCc1ccc(NC(=O)OC(C)(C)C)cc1. The van der Waals surface area contributed by atoms with Crippen molar-refractivity contribution in [3.8, 4) is 0 Å². The van der Waals surface area contributed by atoms with Crippen LogP contribution < -0.4 is 16.0 Å². The van der Waals surface area contributed by atoms with E-state index in [1.807, 2.05) is 65.8 Å². The van der Waals surface area contributed by atoms with Crippen LogP contribution in [0.15, 0.2) is 24.3 Å². The minimum Gasteiger partial charge on any atom is -0.444 e. The van der Waals surface area contributed by atoms with Crippen molar-refractivity contribution in [3.63, 3.8) is 0 Å². The quantitative estimate of drug-likeness (QED) is 0.531. The maximum atomic E-state index is 12.0. The van der Waals surface area contributed by atoms with Crippen LogP contribution in [0.3, 0.4) is 0 Å². The van der Waals surface area contributed by atoms with Crippen molar-refractivity contribution in [1.29, 1.82) is 0 Å². The molecule has 0 aromatic heterocycles. The zero-order chi connectivity index (χ0) is 23.8. The molecule has 1 aliphatic rings. The van der Waals surface area contributed by atoms with Gasteiger partial charge in [0.2, 0.25) is 0 Å². The molecular formula is C25H41N3O4. The molecule has 2 unspecified atom stereocenters. The zero-order valence-electron chi connectivity index (χ0n) is 20.5. The van der Waals surface area contributed by atoms with Gasteiger partial charge >= 0.3 is 12.2 Å². The van der Waals surface area contributed by atoms with Gasteiger partial charge in [-0.1, -0.05) is 25.0 Å². The Bertz CT molecular complexity index is 735. The molecule has 0 bridgehead atoms. The van der Waals surface area contributed by atoms with Gasteiger partial charge in [-0.25, -0.2) is 9.59 Å². The predicted octanol–water partition coefficient (Wildman–Crippen LogP) is 5.25. The van der Waals surface area contributed by atoms with Gasteiger partial charge in [-0.3, -0.25) is 5.32 Å². The highest BCUT2D eigenvalue weighted by Gasteiger charge is 2.26. The first-order chi connectivity index (χ1) is 14.9. The summed E-state index contributed by atoms with van der Waals surface area (Å²) in [6.45, 7) is 12.6. The highest BCUT2D eigenvalue weighted by atomic mass is 16.6. The largest absolute Gasteiger partial charge is 0.444 e. The van der Waals surface area contributed by atoms with E-state index in [9.17, 15) is 9.59 Å². The summed E-state index contributed by atoms with van der Waals surface area (Å²) in [5.41, 5.74) is 0.921. The summed E-state index contributed by atoms with van der Waals surface area (Å²) in [6, 6.07) is 8.24. The molecule has 2 amide bonds. The van der Waals surface area contributed by atoms with Crippen molar-refractivity contribution in [2.24, 2.45) is 5.92 Å². The van der Waals surface area contributed by atoms with Crippen LogP contribution in [0.25, 0.3) is 0 Å². The summed E-state index contributed by atoms with van der Waals surface area (Å²) < 4.78 is 10.6. The number of alkyl carbamates (subject to hydrolysis) is 1. The standard InChI is InChI=1S/C25H41N3O4/c1-24(2,3)31-22(29)27-17-19-9-7-8-10-21(19)26-16-15-18-11-13-20(14-12-18)28-23(30)32-25(4,5)6/h11-14,19,21,26H,7-10,15-17H2,1-6H3,(H,27,29)(H,28,30). The number of amides is 2. The molecule has 2 atom stereocenters. The van der Waals surface area contributed by atoms with Gasteiger partial charge in [0.05, 0.1) is 0 Å². The summed E-state index contributed by atoms with van der Waals surface area (Å²) in [6.07, 6.45) is 4.75. The van der Waals surface area contributed by atoms with Crippen LogP contribution in [0.4, 0.5) is 15.3 Å². The average Bonchev–Trinajstić information content (AvgIpc) is 2.66. The van der Waals surface area contributed by atoms with Crippen LogP contribution in [0.1, 0.15) is 72.8 Å². The third-order valence-electron chi connectivity index (χ3n) is 5.24. The molecule has 180 valence electrons. The lowest BCUT2D eigenvalue weighted by Gasteiger charge is -2.33. The molecular weight excluding hydrogens is 406 g/mol.